The molecule has 0 atom stereocenters. The Labute approximate surface area is 191 Å². The zero-order chi connectivity index (χ0) is 23.4. The first-order valence-corrected chi connectivity index (χ1v) is 11.5. The molecule has 1 N–H and O–H groups in total. The molecule has 0 saturated carbocycles. The Morgan fingerprint density at radius 3 is 2.06 bits per heavy atom. The highest BCUT2D eigenvalue weighted by Gasteiger charge is 2.53. The maximum Gasteiger partial charge on any atom is 0.512 e. The molecule has 2 saturated heterocycles. The zero-order valence-electron chi connectivity index (χ0n) is 20.4. The Balaban J connectivity index is 1.80. The summed E-state index contributed by atoms with van der Waals surface area (Å²) in [6.45, 7) is 20.5. The van der Waals surface area contributed by atoms with Crippen LogP contribution in [0.15, 0.2) is 0 Å². The first kappa shape index (κ1) is 24.3. The minimum atomic E-state index is -0.503. The molecule has 7 nitrogen and oxygen atoms in total. The zero-order valence-corrected chi connectivity index (χ0v) is 21.1. The second kappa shape index (κ2) is 8.20. The quantitative estimate of drug-likeness (QED) is 0.696. The first-order chi connectivity index (χ1) is 14.1. The summed E-state index contributed by atoms with van der Waals surface area (Å²) >= 11 is 6.88. The summed E-state index contributed by atoms with van der Waals surface area (Å²) in [6.07, 6.45) is -0.273. The Morgan fingerprint density at radius 2 is 1.61 bits per heavy atom. The molecule has 0 bridgehead atoms. The number of piperazine rings is 1. The van der Waals surface area contributed by atoms with Crippen molar-refractivity contribution in [1.82, 2.24) is 9.88 Å². The number of carbonyl (C=O) groups is 1. The Kier molecular flexibility index (Phi) is 6.42. The Morgan fingerprint density at radius 1 is 1.10 bits per heavy atom. The van der Waals surface area contributed by atoms with Crippen molar-refractivity contribution >= 4 is 36.2 Å². The van der Waals surface area contributed by atoms with Gasteiger partial charge in [-0.05, 0) is 59.9 Å². The predicted molar refractivity (Wildman–Crippen MR) is 126 cm³/mol. The molecule has 0 unspecified atom stereocenters. The van der Waals surface area contributed by atoms with E-state index in [0.717, 1.165) is 17.0 Å². The van der Waals surface area contributed by atoms with Crippen molar-refractivity contribution in [2.45, 2.75) is 85.0 Å². The normalized spacial score (nSPS) is 21.2. The van der Waals surface area contributed by atoms with Crippen molar-refractivity contribution in [3.8, 4) is 0 Å². The van der Waals surface area contributed by atoms with E-state index in [1.165, 1.54) is 0 Å². The maximum atomic E-state index is 12.4. The fourth-order valence-corrected chi connectivity index (χ4v) is 4.35. The van der Waals surface area contributed by atoms with E-state index in [0.29, 0.717) is 31.2 Å². The number of ether oxygens (including phenoxy) is 1. The van der Waals surface area contributed by atoms with Crippen LogP contribution in [-0.4, -0.2) is 66.1 Å². The van der Waals surface area contributed by atoms with Gasteiger partial charge in [0.2, 0.25) is 0 Å². The first-order valence-electron chi connectivity index (χ1n) is 11.1. The molecule has 3 heterocycles. The SMILES string of the molecule is CC(C)c1c(B2OC(C)(C)C(C)(C)O2)[nH]c(N2CCN(C(=O)OC(C)(C)C)CC2)c1Cl. The second-order valence-electron chi connectivity index (χ2n) is 10.8. The van der Waals surface area contributed by atoms with Crippen LogP contribution in [0, 0.1) is 0 Å². The average molecular weight is 454 g/mol. The van der Waals surface area contributed by atoms with Crippen LogP contribution in [0.5, 0.6) is 0 Å². The van der Waals surface area contributed by atoms with Crippen LogP contribution < -0.4 is 10.5 Å². The van der Waals surface area contributed by atoms with E-state index >= 15 is 0 Å². The van der Waals surface area contributed by atoms with Gasteiger partial charge in [-0.3, -0.25) is 0 Å². The predicted octanol–water partition coefficient (Wildman–Crippen LogP) is 4.15. The van der Waals surface area contributed by atoms with E-state index in [-0.39, 0.29) is 12.0 Å². The van der Waals surface area contributed by atoms with Crippen LogP contribution in [0.25, 0.3) is 0 Å². The molecule has 1 amide bonds. The number of amides is 1. The van der Waals surface area contributed by atoms with Crippen LogP contribution in [0.2, 0.25) is 5.02 Å². The van der Waals surface area contributed by atoms with Crippen molar-refractivity contribution in [3.05, 3.63) is 10.6 Å². The van der Waals surface area contributed by atoms with Crippen molar-refractivity contribution in [1.29, 1.82) is 0 Å². The molecule has 9 heteroatoms. The number of anilines is 1. The fourth-order valence-electron chi connectivity index (χ4n) is 3.86. The lowest BCUT2D eigenvalue weighted by Crippen LogP contribution is -2.50. The van der Waals surface area contributed by atoms with E-state index in [9.17, 15) is 4.79 Å². The summed E-state index contributed by atoms with van der Waals surface area (Å²) in [5, 5.41) is 0.699. The summed E-state index contributed by atoms with van der Waals surface area (Å²) < 4.78 is 18.1. The number of nitrogens with one attached hydrogen (secondary N) is 1. The second-order valence-corrected chi connectivity index (χ2v) is 11.2. The Bertz CT molecular complexity index is 807. The lowest BCUT2D eigenvalue weighted by molar-refractivity contribution is 0.00578. The number of carbonyl (C=O) groups excluding carboxylic acids is 1. The molecule has 0 aromatic carbocycles. The molecule has 0 radical (unpaired) electrons. The van der Waals surface area contributed by atoms with E-state index < -0.39 is 23.9 Å². The van der Waals surface area contributed by atoms with Gasteiger partial charge in [-0.1, -0.05) is 25.4 Å². The van der Waals surface area contributed by atoms with E-state index in [1.807, 2.05) is 48.5 Å². The molecule has 31 heavy (non-hydrogen) atoms. The van der Waals surface area contributed by atoms with Crippen LogP contribution >= 0.6 is 11.6 Å². The van der Waals surface area contributed by atoms with Crippen molar-refractivity contribution in [2.75, 3.05) is 31.1 Å². The lowest BCUT2D eigenvalue weighted by atomic mass is 9.79. The topological polar surface area (TPSA) is 67.0 Å². The number of hydrogen-bond acceptors (Lipinski definition) is 5. The molecular weight excluding hydrogens is 417 g/mol. The van der Waals surface area contributed by atoms with Gasteiger partial charge >= 0.3 is 13.2 Å². The van der Waals surface area contributed by atoms with Gasteiger partial charge in [0.25, 0.3) is 0 Å². The van der Waals surface area contributed by atoms with Crippen LogP contribution in [-0.2, 0) is 14.0 Å². The van der Waals surface area contributed by atoms with E-state index in [2.05, 4.69) is 23.7 Å². The monoisotopic (exact) mass is 453 g/mol. The van der Waals surface area contributed by atoms with Crippen LogP contribution in [0.3, 0.4) is 0 Å². The van der Waals surface area contributed by atoms with Gasteiger partial charge in [-0.15, -0.1) is 0 Å². The standard InChI is InChI=1S/C22H37BClN3O4/c1-14(2)15-16(24)18(25-17(15)23-30-21(6,7)22(8,9)31-23)26-10-12-27(13-11-26)19(28)29-20(3,4)5/h14,25H,10-13H2,1-9H3. The fraction of sp³-hybridized carbons (Fsp3) is 0.773. The minimum Gasteiger partial charge on any atom is -0.444 e. The van der Waals surface area contributed by atoms with Gasteiger partial charge in [0.1, 0.15) is 11.4 Å². The van der Waals surface area contributed by atoms with E-state index in [4.69, 9.17) is 25.6 Å². The van der Waals surface area contributed by atoms with Gasteiger partial charge in [-0.2, -0.15) is 0 Å². The minimum absolute atomic E-state index is 0.203. The van der Waals surface area contributed by atoms with E-state index in [1.54, 1.807) is 4.90 Å². The van der Waals surface area contributed by atoms with Crippen LogP contribution in [0.1, 0.15) is 73.8 Å². The van der Waals surface area contributed by atoms with Gasteiger partial charge < -0.3 is 28.8 Å². The number of halogens is 1. The maximum absolute atomic E-state index is 12.4. The lowest BCUT2D eigenvalue weighted by Gasteiger charge is -2.36. The molecule has 3 rings (SSSR count). The number of rotatable bonds is 3. The third-order valence-corrected chi connectivity index (χ3v) is 6.68. The number of H-pyrrole nitrogens is 1. The number of aromatic nitrogens is 1. The average Bonchev–Trinajstić information content (AvgIpc) is 3.07. The smallest absolute Gasteiger partial charge is 0.444 e. The molecule has 1 aromatic rings. The third-order valence-electron chi connectivity index (χ3n) is 6.30. The molecule has 2 fully saturated rings. The third kappa shape index (κ3) is 4.86. The summed E-state index contributed by atoms with van der Waals surface area (Å²) in [7, 11) is -0.503. The number of nitrogens with zero attached hydrogens (tertiary/aromatic N) is 2. The Hall–Kier alpha value is -1.38. The molecular formula is C22H37BClN3O4. The molecule has 2 aliphatic rings. The molecule has 1 aromatic heterocycles. The highest BCUT2D eigenvalue weighted by atomic mass is 35.5. The van der Waals surface area contributed by atoms with Gasteiger partial charge in [0, 0.05) is 26.2 Å². The molecule has 174 valence electrons. The van der Waals surface area contributed by atoms with Crippen LogP contribution in [0.4, 0.5) is 10.6 Å². The molecule has 2 aliphatic heterocycles. The summed E-state index contributed by atoms with van der Waals surface area (Å²) in [6, 6.07) is 0. The largest absolute Gasteiger partial charge is 0.512 e. The summed E-state index contributed by atoms with van der Waals surface area (Å²) in [5.41, 5.74) is 0.541. The van der Waals surface area contributed by atoms with Crippen molar-refractivity contribution in [3.63, 3.8) is 0 Å². The van der Waals surface area contributed by atoms with Gasteiger partial charge in [0.05, 0.1) is 21.8 Å². The highest BCUT2D eigenvalue weighted by molar-refractivity contribution is 6.62. The summed E-state index contributed by atoms with van der Waals surface area (Å²) in [4.78, 5) is 19.8. The van der Waals surface area contributed by atoms with Crippen molar-refractivity contribution < 1.29 is 18.8 Å². The molecule has 0 spiro atoms. The van der Waals surface area contributed by atoms with Gasteiger partial charge in [-0.25, -0.2) is 4.79 Å². The summed E-state index contributed by atoms with van der Waals surface area (Å²) in [5.74, 6) is 1.06. The number of aromatic amines is 1. The highest BCUT2D eigenvalue weighted by Crippen LogP contribution is 2.39. The van der Waals surface area contributed by atoms with Crippen molar-refractivity contribution in [2.24, 2.45) is 0 Å². The molecule has 0 aliphatic carbocycles. The number of hydrogen-bond donors (Lipinski definition) is 1. The van der Waals surface area contributed by atoms with Gasteiger partial charge in [0.15, 0.2) is 0 Å².